The van der Waals surface area contributed by atoms with E-state index in [2.05, 4.69) is 10.6 Å². The van der Waals surface area contributed by atoms with E-state index in [0.717, 1.165) is 31.4 Å². The number of allylic oxidation sites excluding steroid dienone is 2. The van der Waals surface area contributed by atoms with Crippen molar-refractivity contribution in [2.24, 2.45) is 11.8 Å². The van der Waals surface area contributed by atoms with E-state index in [1.54, 1.807) is 6.08 Å². The molecule has 3 heterocycles. The zero-order valence-electron chi connectivity index (χ0n) is 20.3. The highest BCUT2D eigenvalue weighted by molar-refractivity contribution is 6.33. The minimum atomic E-state index is -1.55. The number of rotatable bonds is 4. The van der Waals surface area contributed by atoms with Crippen LogP contribution in [0.2, 0.25) is 5.02 Å². The maximum atomic E-state index is 16.5. The number of amides is 1. The van der Waals surface area contributed by atoms with Gasteiger partial charge in [-0.3, -0.25) is 4.79 Å². The number of likely N-dealkylation sites (N-methyl/N-ethyl adjacent to an activating group) is 1. The molecule has 192 valence electrons. The number of hydrogen-bond donors (Lipinski definition) is 2. The summed E-state index contributed by atoms with van der Waals surface area (Å²) in [5.74, 6) is -0.771. The lowest BCUT2D eigenvalue weighted by atomic mass is 9.76. The van der Waals surface area contributed by atoms with Gasteiger partial charge in [0.1, 0.15) is 29.6 Å². The maximum absolute atomic E-state index is 16.5. The fourth-order valence-electron chi connectivity index (χ4n) is 6.84. The van der Waals surface area contributed by atoms with Crippen molar-refractivity contribution in [3.8, 4) is 5.75 Å². The smallest absolute Gasteiger partial charge is 0.251 e. The van der Waals surface area contributed by atoms with Crippen LogP contribution in [0.3, 0.4) is 0 Å². The zero-order chi connectivity index (χ0) is 25.5. The quantitative estimate of drug-likeness (QED) is 0.601. The molecule has 2 N–H and O–H groups in total. The minimum Gasteiger partial charge on any atom is -0.494 e. The van der Waals surface area contributed by atoms with Crippen LogP contribution in [-0.2, 0) is 21.6 Å². The van der Waals surface area contributed by atoms with Crippen molar-refractivity contribution < 1.29 is 23.0 Å². The lowest BCUT2D eigenvalue weighted by molar-refractivity contribution is -0.116. The average Bonchev–Trinajstić information content (AvgIpc) is 3.27. The third-order valence-corrected chi connectivity index (χ3v) is 9.04. The molecule has 0 spiro atoms. The van der Waals surface area contributed by atoms with Crippen LogP contribution in [-0.4, -0.2) is 37.8 Å². The monoisotopic (exact) mass is 524 g/mol. The number of nitrogens with one attached hydrogen (secondary N) is 2. The summed E-state index contributed by atoms with van der Waals surface area (Å²) in [6, 6.07) is 11.2. The van der Waals surface area contributed by atoms with Crippen molar-refractivity contribution in [2.45, 2.75) is 49.6 Å². The van der Waals surface area contributed by atoms with Crippen molar-refractivity contribution in [2.75, 3.05) is 13.6 Å². The third kappa shape index (κ3) is 3.33. The molecule has 0 aromatic heterocycles. The van der Waals surface area contributed by atoms with Gasteiger partial charge in [-0.15, -0.1) is 0 Å². The van der Waals surface area contributed by atoms with Crippen molar-refractivity contribution in [1.29, 1.82) is 0 Å². The molecule has 0 radical (unpaired) electrons. The Labute approximate surface area is 218 Å². The van der Waals surface area contributed by atoms with Gasteiger partial charge in [0.05, 0.1) is 17.0 Å². The molecular weight excluding hydrogens is 498 g/mol. The average molecular weight is 525 g/mol. The number of benzene rings is 2. The van der Waals surface area contributed by atoms with Crippen LogP contribution in [0.5, 0.6) is 5.75 Å². The van der Waals surface area contributed by atoms with Crippen LogP contribution >= 0.6 is 11.6 Å². The summed E-state index contributed by atoms with van der Waals surface area (Å²) >= 11 is 6.65. The molecule has 2 unspecified atom stereocenters. The Balaban J connectivity index is 1.43. The predicted octanol–water partition coefficient (Wildman–Crippen LogP) is 4.83. The normalized spacial score (nSPS) is 33.2. The summed E-state index contributed by atoms with van der Waals surface area (Å²) in [6.45, 7) is 0.858. The van der Waals surface area contributed by atoms with Gasteiger partial charge in [0.25, 0.3) is 5.91 Å². The van der Waals surface area contributed by atoms with Crippen molar-refractivity contribution in [3.63, 3.8) is 0 Å². The fraction of sp³-hybridized carbons (Fsp3) is 0.414. The molecule has 3 aliphatic heterocycles. The van der Waals surface area contributed by atoms with E-state index in [1.165, 1.54) is 13.1 Å². The van der Waals surface area contributed by atoms with Gasteiger partial charge < -0.3 is 20.1 Å². The number of carbonyl (C=O) groups is 1. The summed E-state index contributed by atoms with van der Waals surface area (Å²) < 4.78 is 44.5. The minimum absolute atomic E-state index is 0.0149. The third-order valence-electron chi connectivity index (χ3n) is 8.67. The molecule has 5 aliphatic rings. The number of ether oxygens (including phenoxy) is 2. The van der Waals surface area contributed by atoms with Crippen LogP contribution in [0, 0.1) is 17.7 Å². The SMILES string of the molecule is CNC(=O)C1=C(c2c(Cl)c(F)cc3c2C[C@](c2ccccc2)([C@@H]2CCCN2)O3)[C@@H](F)[C@@H]2C(=C1)OC1CC12. The Morgan fingerprint density at radius 3 is 2.81 bits per heavy atom. The van der Waals surface area contributed by atoms with E-state index in [9.17, 15) is 4.79 Å². The largest absolute Gasteiger partial charge is 0.494 e. The van der Waals surface area contributed by atoms with Gasteiger partial charge in [-0.25, -0.2) is 8.78 Å². The van der Waals surface area contributed by atoms with Gasteiger partial charge in [-0.1, -0.05) is 41.9 Å². The number of carbonyl (C=O) groups excluding carboxylic acids is 1. The van der Waals surface area contributed by atoms with Crippen LogP contribution in [0.25, 0.3) is 5.57 Å². The van der Waals surface area contributed by atoms with E-state index < -0.39 is 29.4 Å². The first-order valence-electron chi connectivity index (χ1n) is 12.9. The Kier molecular flexibility index (Phi) is 5.21. The first-order chi connectivity index (χ1) is 17.9. The topological polar surface area (TPSA) is 59.6 Å². The first kappa shape index (κ1) is 23.2. The molecule has 3 fully saturated rings. The Morgan fingerprint density at radius 2 is 2.08 bits per heavy atom. The highest BCUT2D eigenvalue weighted by Crippen LogP contribution is 2.59. The summed E-state index contributed by atoms with van der Waals surface area (Å²) in [7, 11) is 1.49. The van der Waals surface area contributed by atoms with E-state index in [4.69, 9.17) is 21.1 Å². The molecule has 6 atom stereocenters. The molecular formula is C29H27ClF2N2O3. The lowest BCUT2D eigenvalue weighted by Gasteiger charge is -2.35. The number of alkyl halides is 1. The summed E-state index contributed by atoms with van der Waals surface area (Å²) in [5.41, 5.74) is 1.26. The van der Waals surface area contributed by atoms with Gasteiger partial charge in [0, 0.05) is 47.7 Å². The van der Waals surface area contributed by atoms with Crippen LogP contribution in [0.4, 0.5) is 8.78 Å². The second kappa shape index (κ2) is 8.30. The highest BCUT2D eigenvalue weighted by atomic mass is 35.5. The molecule has 1 amide bonds. The maximum Gasteiger partial charge on any atom is 0.251 e. The van der Waals surface area contributed by atoms with Crippen LogP contribution < -0.4 is 15.4 Å². The number of halogens is 3. The molecule has 5 nitrogen and oxygen atoms in total. The van der Waals surface area contributed by atoms with Crippen LogP contribution in [0.15, 0.2) is 53.8 Å². The van der Waals surface area contributed by atoms with Crippen molar-refractivity contribution >= 4 is 23.1 Å². The second-order valence-corrected chi connectivity index (χ2v) is 11.0. The van der Waals surface area contributed by atoms with Crippen LogP contribution in [0.1, 0.15) is 36.0 Å². The molecule has 8 heteroatoms. The number of hydrogen-bond acceptors (Lipinski definition) is 4. The van der Waals surface area contributed by atoms with Crippen molar-refractivity contribution in [3.05, 3.63) is 81.3 Å². The molecule has 1 saturated carbocycles. The Morgan fingerprint density at radius 1 is 1.27 bits per heavy atom. The standard InChI is InChI=1S/C29H27ClF2N2O3/c1-33-28(35)16-11-21-23(15-10-19(15)36-21)27(32)25(16)24-17-13-29(22-8-5-9-34-22,14-6-3-2-4-7-14)37-20(17)12-18(31)26(24)30/h2-4,6-7,11-12,15,19,22-23,27,34H,5,8-10,13H2,1H3,(H,33,35)/t15?,19?,22-,23-,27-,29-/m0/s1. The molecule has 2 aliphatic carbocycles. The zero-order valence-corrected chi connectivity index (χ0v) is 21.1. The van der Waals surface area contributed by atoms with Gasteiger partial charge in [0.15, 0.2) is 5.60 Å². The molecule has 0 bridgehead atoms. The van der Waals surface area contributed by atoms with E-state index in [0.29, 0.717) is 23.5 Å². The molecule has 7 rings (SSSR count). The van der Waals surface area contributed by atoms with Gasteiger partial charge in [-0.05, 0) is 37.4 Å². The Bertz CT molecular complexity index is 1370. The first-order valence-corrected chi connectivity index (χ1v) is 13.3. The summed E-state index contributed by atoms with van der Waals surface area (Å²) in [6.07, 6.45) is 3.10. The number of fused-ring (bicyclic) bond motifs is 4. The lowest BCUT2D eigenvalue weighted by Crippen LogP contribution is -2.48. The summed E-state index contributed by atoms with van der Waals surface area (Å²) in [4.78, 5) is 13.0. The Hall–Kier alpha value is -2.90. The molecule has 37 heavy (non-hydrogen) atoms. The fourth-order valence-corrected chi connectivity index (χ4v) is 7.11. The molecule has 2 saturated heterocycles. The second-order valence-electron chi connectivity index (χ2n) is 10.6. The van der Waals surface area contributed by atoms with E-state index >= 15 is 8.78 Å². The van der Waals surface area contributed by atoms with Gasteiger partial charge in [-0.2, -0.15) is 0 Å². The van der Waals surface area contributed by atoms with Crippen molar-refractivity contribution in [1.82, 2.24) is 10.6 Å². The predicted molar refractivity (Wildman–Crippen MR) is 135 cm³/mol. The van der Waals surface area contributed by atoms with Gasteiger partial charge >= 0.3 is 0 Å². The van der Waals surface area contributed by atoms with Gasteiger partial charge in [0.2, 0.25) is 0 Å². The highest BCUT2D eigenvalue weighted by Gasteiger charge is 2.59. The van der Waals surface area contributed by atoms with E-state index in [-0.39, 0.29) is 39.8 Å². The van der Waals surface area contributed by atoms with E-state index in [1.807, 2.05) is 30.3 Å². The molecule has 2 aromatic carbocycles. The molecule has 2 aromatic rings. The summed E-state index contributed by atoms with van der Waals surface area (Å²) in [5, 5.41) is 5.98.